The lowest BCUT2D eigenvalue weighted by molar-refractivity contribution is 0.0949. The largest absolute Gasteiger partial charge is 0.507 e. The summed E-state index contributed by atoms with van der Waals surface area (Å²) in [7, 11) is 0. The molecule has 5 heteroatoms. The van der Waals surface area contributed by atoms with Crippen molar-refractivity contribution in [2.24, 2.45) is 5.92 Å². The Bertz CT molecular complexity index is 435. The van der Waals surface area contributed by atoms with E-state index < -0.39 is 0 Å². The molecule has 0 aliphatic carbocycles. The molecule has 0 heterocycles. The van der Waals surface area contributed by atoms with Gasteiger partial charge < -0.3 is 10.4 Å². The standard InChI is InChI=1S/C14H19ClINO2/c1-3-9(4-2)12(15)8-17-14(19)11-7-10(16)5-6-13(11)18/h5-7,9,12,18H,3-4,8H2,1-2H3,(H,17,19). The van der Waals surface area contributed by atoms with Gasteiger partial charge in [-0.3, -0.25) is 4.79 Å². The third-order valence-corrected chi connectivity index (χ3v) is 4.40. The van der Waals surface area contributed by atoms with Crippen LogP contribution in [0.1, 0.15) is 37.0 Å². The first-order valence-electron chi connectivity index (χ1n) is 6.40. The topological polar surface area (TPSA) is 49.3 Å². The highest BCUT2D eigenvalue weighted by atomic mass is 127. The average Bonchev–Trinajstić information content (AvgIpc) is 2.40. The molecule has 0 spiro atoms. The Kier molecular flexibility index (Phi) is 6.93. The summed E-state index contributed by atoms with van der Waals surface area (Å²) >= 11 is 8.37. The van der Waals surface area contributed by atoms with Crippen molar-refractivity contribution in [2.75, 3.05) is 6.54 Å². The first-order valence-corrected chi connectivity index (χ1v) is 7.91. The quantitative estimate of drug-likeness (QED) is 0.569. The molecule has 0 aliphatic rings. The van der Waals surface area contributed by atoms with E-state index in [1.54, 1.807) is 12.1 Å². The Hall–Kier alpha value is -0.490. The lowest BCUT2D eigenvalue weighted by Gasteiger charge is -2.19. The molecular weight excluding hydrogens is 377 g/mol. The minimum absolute atomic E-state index is 0.00780. The van der Waals surface area contributed by atoms with E-state index >= 15 is 0 Å². The molecule has 0 bridgehead atoms. The van der Waals surface area contributed by atoms with Crippen molar-refractivity contribution in [3.63, 3.8) is 0 Å². The highest BCUT2D eigenvalue weighted by Crippen LogP contribution is 2.21. The van der Waals surface area contributed by atoms with Crippen LogP contribution >= 0.6 is 34.2 Å². The molecule has 0 fully saturated rings. The Labute approximate surface area is 132 Å². The summed E-state index contributed by atoms with van der Waals surface area (Å²) in [6, 6.07) is 4.93. The van der Waals surface area contributed by atoms with Gasteiger partial charge in [-0.05, 0) is 46.7 Å². The first-order chi connectivity index (χ1) is 8.99. The normalized spacial score (nSPS) is 12.5. The van der Waals surface area contributed by atoms with Crippen molar-refractivity contribution in [3.05, 3.63) is 27.3 Å². The Balaban J connectivity index is 2.63. The minimum Gasteiger partial charge on any atom is -0.507 e. The third kappa shape index (κ3) is 4.84. The lowest BCUT2D eigenvalue weighted by Crippen LogP contribution is -2.33. The fourth-order valence-electron chi connectivity index (χ4n) is 1.94. The highest BCUT2D eigenvalue weighted by molar-refractivity contribution is 14.1. The second kappa shape index (κ2) is 7.94. The molecule has 0 radical (unpaired) electrons. The summed E-state index contributed by atoms with van der Waals surface area (Å²) < 4.78 is 0.906. The van der Waals surface area contributed by atoms with Gasteiger partial charge in [-0.25, -0.2) is 0 Å². The van der Waals surface area contributed by atoms with Crippen LogP contribution in [0.2, 0.25) is 0 Å². The maximum absolute atomic E-state index is 12.0. The summed E-state index contributed by atoms with van der Waals surface area (Å²) in [4.78, 5) is 12.0. The maximum Gasteiger partial charge on any atom is 0.255 e. The number of hydrogen-bond donors (Lipinski definition) is 2. The molecule has 1 unspecified atom stereocenters. The molecule has 1 aromatic rings. The predicted octanol–water partition coefficient (Wildman–Crippen LogP) is 3.77. The van der Waals surface area contributed by atoms with E-state index in [2.05, 4.69) is 41.8 Å². The molecule has 0 aromatic heterocycles. The van der Waals surface area contributed by atoms with E-state index in [1.165, 1.54) is 6.07 Å². The predicted molar refractivity (Wildman–Crippen MR) is 86.9 cm³/mol. The molecular formula is C14H19ClINO2. The van der Waals surface area contributed by atoms with E-state index in [4.69, 9.17) is 11.6 Å². The van der Waals surface area contributed by atoms with Gasteiger partial charge in [0.2, 0.25) is 0 Å². The van der Waals surface area contributed by atoms with Gasteiger partial charge in [-0.2, -0.15) is 0 Å². The van der Waals surface area contributed by atoms with Crippen molar-refractivity contribution in [1.82, 2.24) is 5.32 Å². The molecule has 0 aliphatic heterocycles. The lowest BCUT2D eigenvalue weighted by atomic mass is 9.99. The summed E-state index contributed by atoms with van der Waals surface area (Å²) in [5, 5.41) is 12.4. The highest BCUT2D eigenvalue weighted by Gasteiger charge is 2.18. The molecule has 106 valence electrons. The van der Waals surface area contributed by atoms with E-state index in [-0.39, 0.29) is 17.0 Å². The smallest absolute Gasteiger partial charge is 0.255 e. The van der Waals surface area contributed by atoms with E-state index in [0.717, 1.165) is 16.4 Å². The number of nitrogens with one attached hydrogen (secondary N) is 1. The van der Waals surface area contributed by atoms with Crippen molar-refractivity contribution in [3.8, 4) is 5.75 Å². The number of benzene rings is 1. The van der Waals surface area contributed by atoms with Crippen molar-refractivity contribution >= 4 is 40.1 Å². The molecule has 3 nitrogen and oxygen atoms in total. The van der Waals surface area contributed by atoms with Gasteiger partial charge in [0.05, 0.1) is 10.9 Å². The maximum atomic E-state index is 12.0. The van der Waals surface area contributed by atoms with Crippen LogP contribution in [0.5, 0.6) is 5.75 Å². The van der Waals surface area contributed by atoms with Gasteiger partial charge >= 0.3 is 0 Å². The zero-order chi connectivity index (χ0) is 14.4. The van der Waals surface area contributed by atoms with Gasteiger partial charge in [0, 0.05) is 10.1 Å². The number of phenols is 1. The molecule has 0 saturated heterocycles. The van der Waals surface area contributed by atoms with E-state index in [1.807, 2.05) is 0 Å². The number of carbonyl (C=O) groups is 1. The second-order valence-corrected chi connectivity index (χ2v) is 6.27. The Morgan fingerprint density at radius 3 is 2.63 bits per heavy atom. The zero-order valence-electron chi connectivity index (χ0n) is 11.1. The van der Waals surface area contributed by atoms with Gasteiger partial charge in [0.15, 0.2) is 0 Å². The van der Waals surface area contributed by atoms with E-state index in [0.29, 0.717) is 18.0 Å². The molecule has 0 saturated carbocycles. The van der Waals surface area contributed by atoms with Gasteiger partial charge in [0.25, 0.3) is 5.91 Å². The van der Waals surface area contributed by atoms with Crippen molar-refractivity contribution < 1.29 is 9.90 Å². The minimum atomic E-state index is -0.285. The third-order valence-electron chi connectivity index (χ3n) is 3.22. The Morgan fingerprint density at radius 2 is 2.05 bits per heavy atom. The molecule has 1 amide bonds. The van der Waals surface area contributed by atoms with Crippen LogP contribution in [0.3, 0.4) is 0 Å². The van der Waals surface area contributed by atoms with Crippen molar-refractivity contribution in [2.45, 2.75) is 32.1 Å². The van der Waals surface area contributed by atoms with Crippen LogP contribution in [0.15, 0.2) is 18.2 Å². The summed E-state index contributed by atoms with van der Waals surface area (Å²) in [6.45, 7) is 4.60. The van der Waals surface area contributed by atoms with Gasteiger partial charge in [0.1, 0.15) is 5.75 Å². The number of hydrogen-bond acceptors (Lipinski definition) is 2. The van der Waals surface area contributed by atoms with Crippen LogP contribution in [-0.2, 0) is 0 Å². The molecule has 2 N–H and O–H groups in total. The van der Waals surface area contributed by atoms with Gasteiger partial charge in [-0.15, -0.1) is 11.6 Å². The van der Waals surface area contributed by atoms with Crippen LogP contribution < -0.4 is 5.32 Å². The fraction of sp³-hybridized carbons (Fsp3) is 0.500. The summed E-state index contributed by atoms with van der Waals surface area (Å²) in [5.74, 6) is 0.102. The molecule has 1 atom stereocenters. The summed E-state index contributed by atoms with van der Waals surface area (Å²) in [5.41, 5.74) is 0.292. The van der Waals surface area contributed by atoms with E-state index in [9.17, 15) is 9.90 Å². The number of alkyl halides is 1. The van der Waals surface area contributed by atoms with Crippen LogP contribution in [0.25, 0.3) is 0 Å². The van der Waals surface area contributed by atoms with Gasteiger partial charge in [-0.1, -0.05) is 26.7 Å². The average molecular weight is 396 g/mol. The Morgan fingerprint density at radius 1 is 1.42 bits per heavy atom. The second-order valence-electron chi connectivity index (χ2n) is 4.46. The number of carbonyl (C=O) groups excluding carboxylic acids is 1. The number of halogens is 2. The molecule has 19 heavy (non-hydrogen) atoms. The van der Waals surface area contributed by atoms with Crippen LogP contribution in [0, 0.1) is 9.49 Å². The summed E-state index contributed by atoms with van der Waals surface area (Å²) in [6.07, 6.45) is 1.99. The SMILES string of the molecule is CCC(CC)C(Cl)CNC(=O)c1cc(I)ccc1O. The zero-order valence-corrected chi connectivity index (χ0v) is 14.0. The first kappa shape index (κ1) is 16.6. The van der Waals surface area contributed by atoms with Crippen LogP contribution in [0.4, 0.5) is 0 Å². The molecule has 1 rings (SSSR count). The number of rotatable bonds is 6. The van der Waals surface area contributed by atoms with Crippen LogP contribution in [-0.4, -0.2) is 22.9 Å². The number of amides is 1. The van der Waals surface area contributed by atoms with Crippen molar-refractivity contribution in [1.29, 1.82) is 0 Å². The molecule has 1 aromatic carbocycles. The number of aromatic hydroxyl groups is 1. The fourth-order valence-corrected chi connectivity index (χ4v) is 2.87. The number of phenolic OH excluding ortho intramolecular Hbond substituents is 1. The monoisotopic (exact) mass is 395 g/mol.